The van der Waals surface area contributed by atoms with Gasteiger partial charge >= 0.3 is 11.9 Å². The summed E-state index contributed by atoms with van der Waals surface area (Å²) in [6.07, 6.45) is 0. The Bertz CT molecular complexity index is 409. The maximum Gasteiger partial charge on any atom is 0.338 e. The average Bonchev–Trinajstić information content (AvgIpc) is 2.36. The first-order valence-electron chi connectivity index (χ1n) is 4.74. The van der Waals surface area contributed by atoms with E-state index in [1.54, 1.807) is 12.1 Å². The lowest BCUT2D eigenvalue weighted by Crippen LogP contribution is -2.18. The number of thiocarbonyl (C=S) groups is 1. The van der Waals surface area contributed by atoms with Crippen LogP contribution in [0.15, 0.2) is 24.3 Å². The molecule has 0 radical (unpaired) electrons. The summed E-state index contributed by atoms with van der Waals surface area (Å²) in [5.74, 6) is -1.10. The van der Waals surface area contributed by atoms with Crippen molar-refractivity contribution in [3.63, 3.8) is 0 Å². The smallest absolute Gasteiger partial charge is 0.338 e. The Labute approximate surface area is 110 Å². The molecule has 1 aromatic rings. The topological polar surface area (TPSA) is 105 Å². The first kappa shape index (κ1) is 15.9. The molecule has 0 aliphatic heterocycles. The molecule has 1 aromatic carbocycles. The van der Waals surface area contributed by atoms with Gasteiger partial charge in [-0.2, -0.15) is 0 Å². The molecule has 0 amide bonds. The maximum atomic E-state index is 11.2. The van der Waals surface area contributed by atoms with Crippen LogP contribution in [0.5, 0.6) is 0 Å². The third-order valence-corrected chi connectivity index (χ3v) is 1.74. The van der Waals surface area contributed by atoms with Crippen molar-refractivity contribution in [1.82, 2.24) is 0 Å². The standard InChI is InChI=1S/C10H10O4.CH4N2S/c1-13-9(11)7-5-3-4-6-8(7)10(12)14-2;2-1(3)4/h3-6H,1-2H3;(H4,2,3,4). The van der Waals surface area contributed by atoms with Gasteiger partial charge in [0.1, 0.15) is 0 Å². The minimum atomic E-state index is -0.550. The summed E-state index contributed by atoms with van der Waals surface area (Å²) < 4.78 is 9.05. The molecule has 0 heterocycles. The molecule has 7 heteroatoms. The number of nitrogens with two attached hydrogens (primary N) is 2. The van der Waals surface area contributed by atoms with E-state index in [1.807, 2.05) is 0 Å². The summed E-state index contributed by atoms with van der Waals surface area (Å²) in [6, 6.07) is 6.33. The highest BCUT2D eigenvalue weighted by molar-refractivity contribution is 7.80. The van der Waals surface area contributed by atoms with Crippen molar-refractivity contribution >= 4 is 29.3 Å². The van der Waals surface area contributed by atoms with Crippen LogP contribution in [-0.2, 0) is 9.47 Å². The molecule has 0 saturated carbocycles. The number of carbonyl (C=O) groups is 2. The normalized spacial score (nSPS) is 8.56. The van der Waals surface area contributed by atoms with Gasteiger partial charge in [0.15, 0.2) is 5.11 Å². The third kappa shape index (κ3) is 5.26. The molecule has 0 bridgehead atoms. The first-order valence-corrected chi connectivity index (χ1v) is 5.15. The van der Waals surface area contributed by atoms with Gasteiger partial charge in [0.05, 0.1) is 25.3 Å². The van der Waals surface area contributed by atoms with Crippen molar-refractivity contribution < 1.29 is 19.1 Å². The highest BCUT2D eigenvalue weighted by Gasteiger charge is 2.16. The molecular formula is C11H14N2O4S. The van der Waals surface area contributed by atoms with Gasteiger partial charge in [-0.05, 0) is 24.4 Å². The summed E-state index contributed by atoms with van der Waals surface area (Å²) in [5, 5.41) is 0.000000000000000222. The molecule has 0 atom stereocenters. The van der Waals surface area contributed by atoms with E-state index in [0.717, 1.165) is 0 Å². The minimum absolute atomic E-state index is 0.000000000000000222. The van der Waals surface area contributed by atoms with Gasteiger partial charge in [0, 0.05) is 0 Å². The maximum absolute atomic E-state index is 11.2. The molecule has 0 unspecified atom stereocenters. The number of carbonyl (C=O) groups excluding carboxylic acids is 2. The number of ether oxygens (including phenoxy) is 2. The summed E-state index contributed by atoms with van der Waals surface area (Å²) in [4.78, 5) is 22.4. The molecule has 0 aliphatic carbocycles. The van der Waals surface area contributed by atoms with Crippen LogP contribution in [0, 0.1) is 0 Å². The van der Waals surface area contributed by atoms with Crippen LogP contribution >= 0.6 is 12.2 Å². The number of hydrogen-bond donors (Lipinski definition) is 2. The van der Waals surface area contributed by atoms with Crippen molar-refractivity contribution in [1.29, 1.82) is 0 Å². The van der Waals surface area contributed by atoms with E-state index in [0.29, 0.717) is 0 Å². The van der Waals surface area contributed by atoms with Crippen molar-refractivity contribution in [3.05, 3.63) is 35.4 Å². The second-order valence-electron chi connectivity index (χ2n) is 2.93. The summed E-state index contributed by atoms with van der Waals surface area (Å²) in [5.41, 5.74) is 9.66. The lowest BCUT2D eigenvalue weighted by Gasteiger charge is -2.04. The fourth-order valence-corrected chi connectivity index (χ4v) is 1.06. The van der Waals surface area contributed by atoms with Gasteiger partial charge < -0.3 is 20.9 Å². The zero-order chi connectivity index (χ0) is 14.1. The molecule has 0 fully saturated rings. The third-order valence-electron chi connectivity index (χ3n) is 1.74. The quantitative estimate of drug-likeness (QED) is 0.593. The van der Waals surface area contributed by atoms with Crippen LogP contribution in [0.2, 0.25) is 0 Å². The van der Waals surface area contributed by atoms with Gasteiger partial charge in [0.2, 0.25) is 0 Å². The van der Waals surface area contributed by atoms with Crippen LogP contribution < -0.4 is 11.5 Å². The van der Waals surface area contributed by atoms with Gasteiger partial charge in [-0.1, -0.05) is 12.1 Å². The Morgan fingerprint density at radius 3 is 1.50 bits per heavy atom. The highest BCUT2D eigenvalue weighted by Crippen LogP contribution is 2.10. The molecular weight excluding hydrogens is 256 g/mol. The van der Waals surface area contributed by atoms with Gasteiger partial charge in [-0.15, -0.1) is 0 Å². The Hall–Kier alpha value is -2.15. The van der Waals surface area contributed by atoms with E-state index in [2.05, 4.69) is 33.2 Å². The van der Waals surface area contributed by atoms with E-state index < -0.39 is 11.9 Å². The SMILES string of the molecule is COC(=O)c1ccccc1C(=O)OC.NC(N)=S. The van der Waals surface area contributed by atoms with Crippen LogP contribution in [0.4, 0.5) is 0 Å². The summed E-state index contributed by atoms with van der Waals surface area (Å²) >= 11 is 4.09. The van der Waals surface area contributed by atoms with E-state index in [1.165, 1.54) is 26.4 Å². The van der Waals surface area contributed by atoms with Crippen LogP contribution in [0.3, 0.4) is 0 Å². The molecule has 98 valence electrons. The van der Waals surface area contributed by atoms with E-state index in [9.17, 15) is 9.59 Å². The zero-order valence-electron chi connectivity index (χ0n) is 10.0. The Kier molecular flexibility index (Phi) is 7.06. The number of esters is 2. The molecule has 0 aromatic heterocycles. The average molecular weight is 270 g/mol. The number of hydrogen-bond acceptors (Lipinski definition) is 5. The Morgan fingerprint density at radius 2 is 1.28 bits per heavy atom. The Balaban J connectivity index is 0.000000631. The molecule has 0 saturated heterocycles. The summed E-state index contributed by atoms with van der Waals surface area (Å²) in [7, 11) is 2.52. The monoisotopic (exact) mass is 270 g/mol. The second-order valence-corrected chi connectivity index (χ2v) is 3.40. The number of rotatable bonds is 2. The van der Waals surface area contributed by atoms with Crippen molar-refractivity contribution in [2.45, 2.75) is 0 Å². The number of methoxy groups -OCH3 is 2. The van der Waals surface area contributed by atoms with Crippen LogP contribution in [0.1, 0.15) is 20.7 Å². The fraction of sp³-hybridized carbons (Fsp3) is 0.182. The predicted octanol–water partition coefficient (Wildman–Crippen LogP) is 0.448. The molecule has 0 aliphatic rings. The minimum Gasteiger partial charge on any atom is -0.465 e. The summed E-state index contributed by atoms with van der Waals surface area (Å²) in [6.45, 7) is 0. The van der Waals surface area contributed by atoms with E-state index in [-0.39, 0.29) is 16.2 Å². The van der Waals surface area contributed by atoms with E-state index >= 15 is 0 Å². The first-order chi connectivity index (χ1) is 8.43. The molecule has 1 rings (SSSR count). The predicted molar refractivity (Wildman–Crippen MR) is 70.1 cm³/mol. The highest BCUT2D eigenvalue weighted by atomic mass is 32.1. The lowest BCUT2D eigenvalue weighted by atomic mass is 10.1. The molecule has 6 nitrogen and oxygen atoms in total. The van der Waals surface area contributed by atoms with Crippen LogP contribution in [-0.4, -0.2) is 31.3 Å². The van der Waals surface area contributed by atoms with Gasteiger partial charge in [-0.25, -0.2) is 9.59 Å². The van der Waals surface area contributed by atoms with Gasteiger partial charge in [0.25, 0.3) is 0 Å². The molecule has 0 spiro atoms. The van der Waals surface area contributed by atoms with E-state index in [4.69, 9.17) is 0 Å². The Morgan fingerprint density at radius 1 is 1.00 bits per heavy atom. The fourth-order valence-electron chi connectivity index (χ4n) is 1.06. The second kappa shape index (κ2) is 8.02. The van der Waals surface area contributed by atoms with Crippen molar-refractivity contribution in [2.24, 2.45) is 11.5 Å². The largest absolute Gasteiger partial charge is 0.465 e. The zero-order valence-corrected chi connectivity index (χ0v) is 10.8. The number of benzene rings is 1. The molecule has 18 heavy (non-hydrogen) atoms. The van der Waals surface area contributed by atoms with Gasteiger partial charge in [-0.3, -0.25) is 0 Å². The van der Waals surface area contributed by atoms with Crippen molar-refractivity contribution in [3.8, 4) is 0 Å². The van der Waals surface area contributed by atoms with Crippen molar-refractivity contribution in [2.75, 3.05) is 14.2 Å². The lowest BCUT2D eigenvalue weighted by molar-refractivity contribution is 0.0555. The van der Waals surface area contributed by atoms with Crippen LogP contribution in [0.25, 0.3) is 0 Å². The molecule has 4 N–H and O–H groups in total.